The van der Waals surface area contributed by atoms with E-state index in [0.29, 0.717) is 17.4 Å². The maximum atomic E-state index is 12.7. The summed E-state index contributed by atoms with van der Waals surface area (Å²) in [5.41, 5.74) is 3.55. The average molecular weight is 440 g/mol. The van der Waals surface area contributed by atoms with Gasteiger partial charge < -0.3 is 5.32 Å². The Morgan fingerprint density at radius 2 is 1.81 bits per heavy atom. The third-order valence-corrected chi connectivity index (χ3v) is 7.00. The van der Waals surface area contributed by atoms with Crippen molar-refractivity contribution in [3.8, 4) is 0 Å². The van der Waals surface area contributed by atoms with Gasteiger partial charge in [-0.1, -0.05) is 42.7 Å². The summed E-state index contributed by atoms with van der Waals surface area (Å²) in [6, 6.07) is 14.4. The first-order valence-electron chi connectivity index (χ1n) is 10.2. The van der Waals surface area contributed by atoms with E-state index in [0.717, 1.165) is 23.8 Å². The molecule has 4 rings (SSSR count). The van der Waals surface area contributed by atoms with Gasteiger partial charge in [0.25, 0.3) is 5.95 Å². The minimum absolute atomic E-state index is 0.0786. The van der Waals surface area contributed by atoms with Crippen LogP contribution in [0, 0.1) is 6.92 Å². The molecule has 1 aromatic heterocycles. The van der Waals surface area contributed by atoms with Crippen molar-refractivity contribution in [2.45, 2.75) is 43.5 Å². The molecule has 1 fully saturated rings. The summed E-state index contributed by atoms with van der Waals surface area (Å²) in [6.07, 6.45) is 4.52. The van der Waals surface area contributed by atoms with Crippen molar-refractivity contribution in [3.63, 3.8) is 0 Å². The third kappa shape index (κ3) is 5.00. The maximum Gasteiger partial charge on any atom is 0.253 e. The average Bonchev–Trinajstić information content (AvgIpc) is 3.26. The van der Waals surface area contributed by atoms with Crippen LogP contribution in [0.5, 0.6) is 0 Å². The Labute approximate surface area is 181 Å². The molecular formula is C22H25N5O3S. The molecule has 0 radical (unpaired) electrons. The van der Waals surface area contributed by atoms with Gasteiger partial charge in [0.05, 0.1) is 10.4 Å². The molecule has 0 saturated heterocycles. The van der Waals surface area contributed by atoms with Gasteiger partial charge in [0, 0.05) is 11.4 Å². The van der Waals surface area contributed by atoms with E-state index < -0.39 is 15.6 Å². The summed E-state index contributed by atoms with van der Waals surface area (Å²) in [5, 5.41) is 13.9. The highest BCUT2D eigenvalue weighted by molar-refractivity contribution is 7.92. The van der Waals surface area contributed by atoms with Crippen molar-refractivity contribution < 1.29 is 13.6 Å². The van der Waals surface area contributed by atoms with E-state index in [1.807, 2.05) is 36.7 Å². The Kier molecular flexibility index (Phi) is 6.15. The van der Waals surface area contributed by atoms with Crippen molar-refractivity contribution in [1.29, 1.82) is 0 Å². The number of anilines is 1. The molecule has 9 heteroatoms. The summed E-state index contributed by atoms with van der Waals surface area (Å²) in [4.78, 5) is 13.3. The van der Waals surface area contributed by atoms with Gasteiger partial charge in [0.15, 0.2) is 9.84 Å². The standard InChI is InChI=1S/C22H25N5O3S/c1-15-10-12-17(13-11-15)31(29,30)14-20(27-28)25-22-24-19-9-5-4-8-18(19)21(26-22)23-16-6-2-3-7-16/h4-5,8-13,16,28H,2-3,6-7,14H2,1H3,(H2,23,24,25,26,27). The second-order valence-electron chi connectivity index (χ2n) is 7.76. The van der Waals surface area contributed by atoms with Crippen LogP contribution < -0.4 is 10.8 Å². The van der Waals surface area contributed by atoms with Crippen molar-refractivity contribution in [1.82, 2.24) is 15.4 Å². The van der Waals surface area contributed by atoms with Crippen molar-refractivity contribution >= 4 is 38.3 Å². The normalized spacial score (nSPS) is 15.4. The van der Waals surface area contributed by atoms with Crippen LogP contribution in [0.3, 0.4) is 0 Å². The van der Waals surface area contributed by atoms with E-state index in [2.05, 4.69) is 20.3 Å². The zero-order valence-corrected chi connectivity index (χ0v) is 18.1. The number of aromatic nitrogens is 2. The fraction of sp³-hybridized carbons (Fsp3) is 0.318. The second kappa shape index (κ2) is 8.99. The van der Waals surface area contributed by atoms with Crippen LogP contribution >= 0.6 is 0 Å². The fourth-order valence-corrected chi connectivity index (χ4v) is 4.91. The summed E-state index contributed by atoms with van der Waals surface area (Å²) in [7, 11) is -3.70. The van der Waals surface area contributed by atoms with Crippen LogP contribution in [0.2, 0.25) is 0 Å². The number of sulfone groups is 1. The number of rotatable bonds is 6. The molecule has 2 aromatic carbocycles. The molecule has 0 atom stereocenters. The molecule has 31 heavy (non-hydrogen) atoms. The van der Waals surface area contributed by atoms with E-state index in [1.54, 1.807) is 12.1 Å². The highest BCUT2D eigenvalue weighted by Gasteiger charge is 2.20. The zero-order chi connectivity index (χ0) is 21.8. The minimum Gasteiger partial charge on any atom is -0.367 e. The number of para-hydroxylation sites is 1. The van der Waals surface area contributed by atoms with E-state index in [1.165, 1.54) is 25.0 Å². The molecule has 1 aliphatic rings. The molecule has 0 spiro atoms. The predicted molar refractivity (Wildman–Crippen MR) is 121 cm³/mol. The highest BCUT2D eigenvalue weighted by Crippen LogP contribution is 2.27. The SMILES string of the molecule is Cc1ccc(S(=O)(=O)CC(=Nc2nc(NC3CCCC3)c3ccccc3n2)NO)cc1. The molecule has 0 aliphatic heterocycles. The molecular weight excluding hydrogens is 414 g/mol. The van der Waals surface area contributed by atoms with Crippen molar-refractivity contribution in [2.24, 2.45) is 4.99 Å². The van der Waals surface area contributed by atoms with Crippen LogP contribution in [0.15, 0.2) is 58.4 Å². The highest BCUT2D eigenvalue weighted by atomic mass is 32.2. The lowest BCUT2D eigenvalue weighted by Gasteiger charge is -2.15. The molecule has 1 aliphatic carbocycles. The van der Waals surface area contributed by atoms with Crippen molar-refractivity contribution in [3.05, 3.63) is 54.1 Å². The van der Waals surface area contributed by atoms with Gasteiger partial charge in [0.2, 0.25) is 0 Å². The smallest absolute Gasteiger partial charge is 0.253 e. The summed E-state index contributed by atoms with van der Waals surface area (Å²) in [5.74, 6) is 0.0844. The van der Waals surface area contributed by atoms with Gasteiger partial charge in [-0.25, -0.2) is 13.4 Å². The fourth-order valence-electron chi connectivity index (χ4n) is 3.71. The zero-order valence-electron chi connectivity index (χ0n) is 17.2. The number of aliphatic imine (C=N–C) groups is 1. The first kappa shape index (κ1) is 21.2. The number of aryl methyl sites for hydroxylation is 1. The minimum atomic E-state index is -3.70. The Hall–Kier alpha value is -3.04. The van der Waals surface area contributed by atoms with Gasteiger partial charge in [-0.3, -0.25) is 10.7 Å². The number of amidine groups is 1. The van der Waals surface area contributed by atoms with Crippen LogP contribution in [-0.4, -0.2) is 41.2 Å². The van der Waals surface area contributed by atoms with Crippen LogP contribution in [0.25, 0.3) is 10.9 Å². The van der Waals surface area contributed by atoms with Crippen LogP contribution in [0.4, 0.5) is 11.8 Å². The number of benzene rings is 2. The number of hydroxylamine groups is 1. The number of nitrogens with zero attached hydrogens (tertiary/aromatic N) is 3. The number of hydrogen-bond donors (Lipinski definition) is 3. The monoisotopic (exact) mass is 439 g/mol. The molecule has 0 bridgehead atoms. The molecule has 1 heterocycles. The lowest BCUT2D eigenvalue weighted by atomic mass is 10.2. The second-order valence-corrected chi connectivity index (χ2v) is 9.75. The van der Waals surface area contributed by atoms with Crippen LogP contribution in [-0.2, 0) is 9.84 Å². The largest absolute Gasteiger partial charge is 0.367 e. The van der Waals surface area contributed by atoms with Gasteiger partial charge in [-0.05, 0) is 44.0 Å². The maximum absolute atomic E-state index is 12.7. The first-order valence-corrected chi connectivity index (χ1v) is 11.9. The molecule has 3 N–H and O–H groups in total. The van der Waals surface area contributed by atoms with Crippen molar-refractivity contribution in [2.75, 3.05) is 11.1 Å². The molecule has 162 valence electrons. The number of fused-ring (bicyclic) bond motifs is 1. The lowest BCUT2D eigenvalue weighted by molar-refractivity contribution is 0.234. The quantitative estimate of drug-likeness (QED) is 0.304. The summed E-state index contributed by atoms with van der Waals surface area (Å²) in [6.45, 7) is 1.88. The van der Waals surface area contributed by atoms with E-state index in [-0.39, 0.29) is 16.7 Å². The number of nitrogens with one attached hydrogen (secondary N) is 2. The molecule has 8 nitrogen and oxygen atoms in total. The number of hydrogen-bond acceptors (Lipinski definition) is 7. The third-order valence-electron chi connectivity index (χ3n) is 5.36. The predicted octanol–water partition coefficient (Wildman–Crippen LogP) is 3.78. The van der Waals surface area contributed by atoms with E-state index >= 15 is 0 Å². The topological polar surface area (TPSA) is 117 Å². The van der Waals surface area contributed by atoms with Gasteiger partial charge in [0.1, 0.15) is 17.4 Å². The molecule has 0 unspecified atom stereocenters. The Morgan fingerprint density at radius 3 is 2.52 bits per heavy atom. The van der Waals surface area contributed by atoms with E-state index in [9.17, 15) is 13.6 Å². The first-order chi connectivity index (χ1) is 14.9. The molecule has 1 saturated carbocycles. The lowest BCUT2D eigenvalue weighted by Crippen LogP contribution is -2.28. The Bertz CT molecular complexity index is 1200. The Morgan fingerprint density at radius 1 is 1.10 bits per heavy atom. The van der Waals surface area contributed by atoms with E-state index in [4.69, 9.17) is 0 Å². The Balaban J connectivity index is 1.66. The van der Waals surface area contributed by atoms with Gasteiger partial charge >= 0.3 is 0 Å². The summed E-state index contributed by atoms with van der Waals surface area (Å²) < 4.78 is 25.5. The summed E-state index contributed by atoms with van der Waals surface area (Å²) >= 11 is 0. The van der Waals surface area contributed by atoms with Crippen LogP contribution in [0.1, 0.15) is 31.2 Å². The van der Waals surface area contributed by atoms with Gasteiger partial charge in [-0.2, -0.15) is 9.98 Å². The van der Waals surface area contributed by atoms with Gasteiger partial charge in [-0.15, -0.1) is 0 Å². The molecule has 3 aromatic rings. The molecule has 0 amide bonds.